The van der Waals surface area contributed by atoms with Crippen molar-refractivity contribution in [1.82, 2.24) is 0 Å². The molecule has 10 heteroatoms. The fourth-order valence-corrected chi connectivity index (χ4v) is 5.31. The Kier molecular flexibility index (Phi) is 7.75. The van der Waals surface area contributed by atoms with Gasteiger partial charge in [0.15, 0.2) is 0 Å². The first-order chi connectivity index (χ1) is 17.1. The maximum absolute atomic E-state index is 13.4. The Morgan fingerprint density at radius 1 is 0.417 bits per heavy atom. The first kappa shape index (κ1) is 25.8. The number of halogens is 6. The number of hydrogen-bond donors (Lipinski definition) is 0. The smallest absolute Gasteiger partial charge is 0.419 e. The summed E-state index contributed by atoms with van der Waals surface area (Å²) in [5.74, 6) is -0.272. The molecule has 0 saturated carbocycles. The summed E-state index contributed by atoms with van der Waals surface area (Å²) in [4.78, 5) is 1.04. The maximum Gasteiger partial charge on any atom is 0.419 e. The van der Waals surface area contributed by atoms with E-state index in [4.69, 9.17) is 9.47 Å². The first-order valence-corrected chi connectivity index (χ1v) is 12.5. The fourth-order valence-electron chi connectivity index (χ4n) is 3.11. The van der Waals surface area contributed by atoms with E-state index in [1.54, 1.807) is 36.4 Å². The molecule has 0 aliphatic rings. The summed E-state index contributed by atoms with van der Waals surface area (Å²) in [6, 6.07) is 22.9. The molecule has 0 saturated heterocycles. The molecule has 0 radical (unpaired) electrons. The van der Waals surface area contributed by atoms with Crippen LogP contribution in [0.25, 0.3) is 0 Å². The van der Waals surface area contributed by atoms with Crippen LogP contribution < -0.4 is 9.47 Å². The van der Waals surface area contributed by atoms with Gasteiger partial charge in [0.2, 0.25) is 0 Å². The molecule has 4 aromatic rings. The van der Waals surface area contributed by atoms with Crippen LogP contribution in [0.15, 0.2) is 107 Å². The van der Waals surface area contributed by atoms with Gasteiger partial charge in [-0.3, -0.25) is 0 Å². The summed E-state index contributed by atoms with van der Waals surface area (Å²) < 4.78 is 91.5. The molecule has 0 N–H and O–H groups in total. The van der Waals surface area contributed by atoms with Gasteiger partial charge >= 0.3 is 12.4 Å². The van der Waals surface area contributed by atoms with E-state index in [1.165, 1.54) is 70.1 Å². The molecular weight excluding hydrogens is 522 g/mol. The summed E-state index contributed by atoms with van der Waals surface area (Å²) >= 11 is 0. The van der Waals surface area contributed by atoms with Crippen LogP contribution in [0.1, 0.15) is 11.1 Å². The highest BCUT2D eigenvalue weighted by molar-refractivity contribution is 8.76. The molecule has 0 fully saturated rings. The van der Waals surface area contributed by atoms with Gasteiger partial charge in [0, 0.05) is 0 Å². The molecule has 0 spiro atoms. The van der Waals surface area contributed by atoms with Crippen LogP contribution in [0.3, 0.4) is 0 Å². The molecule has 0 unspecified atom stereocenters. The fraction of sp³-hybridized carbons (Fsp3) is 0.0769. The van der Waals surface area contributed by atoms with Gasteiger partial charge in [-0.15, -0.1) is 0 Å². The predicted molar refractivity (Wildman–Crippen MR) is 128 cm³/mol. The normalized spacial score (nSPS) is 11.8. The van der Waals surface area contributed by atoms with Gasteiger partial charge < -0.3 is 9.47 Å². The van der Waals surface area contributed by atoms with E-state index in [2.05, 4.69) is 0 Å². The van der Waals surface area contributed by atoms with Crippen LogP contribution in [0.5, 0.6) is 23.0 Å². The number of alkyl halides is 6. The van der Waals surface area contributed by atoms with Crippen molar-refractivity contribution < 1.29 is 35.8 Å². The first-order valence-electron chi connectivity index (χ1n) is 10.3. The number of para-hydroxylation sites is 4. The van der Waals surface area contributed by atoms with Gasteiger partial charge in [0.1, 0.15) is 23.0 Å². The lowest BCUT2D eigenvalue weighted by atomic mass is 10.2. The summed E-state index contributed by atoms with van der Waals surface area (Å²) in [5.41, 5.74) is -1.81. The van der Waals surface area contributed by atoms with Gasteiger partial charge in [-0.25, -0.2) is 0 Å². The van der Waals surface area contributed by atoms with E-state index >= 15 is 0 Å². The highest BCUT2D eigenvalue weighted by atomic mass is 33.1. The molecule has 0 aliphatic carbocycles. The Morgan fingerprint density at radius 3 is 1.08 bits per heavy atom. The standard InChI is InChI=1S/C26H16F6O2S2/c27-25(28,29)17-9-1-3-11-19(17)33-21-13-5-7-15-23(21)35-36-24-16-8-6-14-22(24)34-20-12-4-2-10-18(20)26(30,31)32/h1-16H. The van der Waals surface area contributed by atoms with Crippen LogP contribution in [0.4, 0.5) is 26.3 Å². The topological polar surface area (TPSA) is 18.5 Å². The van der Waals surface area contributed by atoms with Crippen LogP contribution >= 0.6 is 21.6 Å². The van der Waals surface area contributed by atoms with Crippen molar-refractivity contribution in [3.8, 4) is 23.0 Å². The zero-order chi connectivity index (χ0) is 25.8. The lowest BCUT2D eigenvalue weighted by Gasteiger charge is -2.16. The van der Waals surface area contributed by atoms with Gasteiger partial charge in [0.25, 0.3) is 0 Å². The number of ether oxygens (including phenoxy) is 2. The van der Waals surface area contributed by atoms with Gasteiger partial charge in [0.05, 0.1) is 20.9 Å². The van der Waals surface area contributed by atoms with Crippen molar-refractivity contribution in [1.29, 1.82) is 0 Å². The molecule has 36 heavy (non-hydrogen) atoms. The van der Waals surface area contributed by atoms with E-state index in [0.29, 0.717) is 9.79 Å². The minimum absolute atomic E-state index is 0.201. The van der Waals surface area contributed by atoms with E-state index in [0.717, 1.165) is 12.1 Å². The van der Waals surface area contributed by atoms with E-state index in [1.807, 2.05) is 0 Å². The second-order valence-corrected chi connectivity index (χ2v) is 9.47. The van der Waals surface area contributed by atoms with Gasteiger partial charge in [-0.05, 0) is 70.1 Å². The van der Waals surface area contributed by atoms with Crippen molar-refractivity contribution >= 4 is 21.6 Å². The molecule has 0 heterocycles. The number of hydrogen-bond acceptors (Lipinski definition) is 4. The quantitative estimate of drug-likeness (QED) is 0.172. The predicted octanol–water partition coefficient (Wildman–Crippen LogP) is 10.1. The van der Waals surface area contributed by atoms with Crippen molar-refractivity contribution in [2.24, 2.45) is 0 Å². The Hall–Kier alpha value is -3.24. The third-order valence-corrected chi connectivity index (χ3v) is 7.19. The summed E-state index contributed by atoms with van der Waals surface area (Å²) in [5, 5.41) is 0. The van der Waals surface area contributed by atoms with Crippen molar-refractivity contribution in [3.63, 3.8) is 0 Å². The zero-order valence-electron chi connectivity index (χ0n) is 18.1. The lowest BCUT2D eigenvalue weighted by molar-refractivity contribution is -0.139. The monoisotopic (exact) mass is 538 g/mol. The van der Waals surface area contributed by atoms with Crippen molar-refractivity contribution in [2.45, 2.75) is 22.1 Å². The second kappa shape index (κ2) is 10.8. The van der Waals surface area contributed by atoms with E-state index in [-0.39, 0.29) is 23.0 Å². The molecule has 4 rings (SSSR count). The number of rotatable bonds is 7. The zero-order valence-corrected chi connectivity index (χ0v) is 19.8. The Balaban J connectivity index is 1.56. The van der Waals surface area contributed by atoms with E-state index in [9.17, 15) is 26.3 Å². The van der Waals surface area contributed by atoms with Crippen LogP contribution in [-0.4, -0.2) is 0 Å². The minimum Gasteiger partial charge on any atom is -0.456 e. The van der Waals surface area contributed by atoms with Crippen LogP contribution in [0.2, 0.25) is 0 Å². The van der Waals surface area contributed by atoms with Crippen molar-refractivity contribution in [3.05, 3.63) is 108 Å². The third kappa shape index (κ3) is 6.30. The molecule has 0 amide bonds. The molecule has 186 valence electrons. The van der Waals surface area contributed by atoms with Crippen LogP contribution in [-0.2, 0) is 12.4 Å². The Labute approximate surface area is 210 Å². The second-order valence-electron chi connectivity index (χ2n) is 7.25. The van der Waals surface area contributed by atoms with Crippen LogP contribution in [0, 0.1) is 0 Å². The minimum atomic E-state index is -4.59. The lowest BCUT2D eigenvalue weighted by Crippen LogP contribution is -2.07. The third-order valence-electron chi connectivity index (χ3n) is 4.74. The summed E-state index contributed by atoms with van der Waals surface area (Å²) in [6.07, 6.45) is -9.17. The maximum atomic E-state index is 13.4. The van der Waals surface area contributed by atoms with Gasteiger partial charge in [-0.2, -0.15) is 26.3 Å². The molecular formula is C26H16F6O2S2. The van der Waals surface area contributed by atoms with E-state index < -0.39 is 23.5 Å². The Bertz CT molecular complexity index is 1240. The average Bonchev–Trinajstić information content (AvgIpc) is 2.84. The molecule has 0 aromatic heterocycles. The van der Waals surface area contributed by atoms with Gasteiger partial charge in [-0.1, -0.05) is 48.5 Å². The highest BCUT2D eigenvalue weighted by Crippen LogP contribution is 2.48. The van der Waals surface area contributed by atoms with Crippen molar-refractivity contribution in [2.75, 3.05) is 0 Å². The molecule has 2 nitrogen and oxygen atoms in total. The average molecular weight is 539 g/mol. The molecule has 4 aromatic carbocycles. The summed E-state index contributed by atoms with van der Waals surface area (Å²) in [6.45, 7) is 0. The number of benzene rings is 4. The SMILES string of the molecule is FC(F)(F)c1ccccc1Oc1ccccc1SSc1ccccc1Oc1ccccc1C(F)(F)F. The molecule has 0 atom stereocenters. The highest BCUT2D eigenvalue weighted by Gasteiger charge is 2.35. The summed E-state index contributed by atoms with van der Waals surface area (Å²) in [7, 11) is 2.35. The Morgan fingerprint density at radius 2 is 0.722 bits per heavy atom. The molecule has 0 bridgehead atoms. The largest absolute Gasteiger partial charge is 0.456 e. The molecule has 0 aliphatic heterocycles.